The van der Waals surface area contributed by atoms with Crippen molar-refractivity contribution in [1.29, 1.82) is 0 Å². The molecule has 6 heteroatoms. The van der Waals surface area contributed by atoms with Gasteiger partial charge in [-0.25, -0.2) is 4.98 Å². The molecule has 0 unspecified atom stereocenters. The third-order valence-electron chi connectivity index (χ3n) is 5.97. The number of likely N-dealkylation sites (N-methyl/N-ethyl adjacent to an activating group) is 2. The molecule has 4 aromatic rings. The number of benzene rings is 3. The minimum absolute atomic E-state index is 0.150. The molecule has 0 aliphatic heterocycles. The van der Waals surface area contributed by atoms with Gasteiger partial charge in [-0.1, -0.05) is 54.6 Å². The van der Waals surface area contributed by atoms with E-state index < -0.39 is 0 Å². The second kappa shape index (κ2) is 9.88. The first-order chi connectivity index (χ1) is 15.9. The number of phenols is 1. The highest BCUT2D eigenvalue weighted by Crippen LogP contribution is 2.18. The maximum absolute atomic E-state index is 12.4. The number of nitrogens with one attached hydrogen (secondary N) is 1. The number of nitrogens with zero attached hydrogens (tertiary/aromatic N) is 3. The number of hydrogen-bond donors (Lipinski definition) is 2. The summed E-state index contributed by atoms with van der Waals surface area (Å²) in [6.07, 6.45) is 1.42. The molecule has 1 atom stereocenters. The molecular formula is C27H30N4O2. The molecule has 0 saturated heterocycles. The maximum Gasteiger partial charge on any atom is 0.252 e. The summed E-state index contributed by atoms with van der Waals surface area (Å²) >= 11 is 0. The minimum atomic E-state index is -0.150. The number of phenolic OH excluding ortho intramolecular Hbond substituents is 1. The number of fused-ring (bicyclic) bond motifs is 1. The Kier molecular flexibility index (Phi) is 6.75. The van der Waals surface area contributed by atoms with Crippen molar-refractivity contribution in [3.63, 3.8) is 0 Å². The summed E-state index contributed by atoms with van der Waals surface area (Å²) in [5, 5.41) is 11.9. The van der Waals surface area contributed by atoms with E-state index in [1.165, 1.54) is 10.8 Å². The number of H-pyrrole nitrogens is 1. The van der Waals surface area contributed by atoms with Gasteiger partial charge in [0.2, 0.25) is 5.95 Å². The smallest absolute Gasteiger partial charge is 0.252 e. The molecule has 1 aromatic heterocycles. The van der Waals surface area contributed by atoms with E-state index in [1.54, 1.807) is 18.2 Å². The lowest BCUT2D eigenvalue weighted by Gasteiger charge is -2.29. The van der Waals surface area contributed by atoms with Crippen LogP contribution in [0.15, 0.2) is 77.6 Å². The number of anilines is 1. The molecule has 0 radical (unpaired) electrons. The Hall–Kier alpha value is -3.64. The van der Waals surface area contributed by atoms with Gasteiger partial charge in [0.05, 0.1) is 5.69 Å². The molecule has 0 spiro atoms. The molecule has 0 aliphatic carbocycles. The lowest BCUT2D eigenvalue weighted by atomic mass is 10.0. The van der Waals surface area contributed by atoms with Crippen LogP contribution in [0.4, 0.5) is 5.95 Å². The fourth-order valence-corrected chi connectivity index (χ4v) is 4.04. The maximum atomic E-state index is 12.4. The molecule has 0 aliphatic rings. The molecule has 1 heterocycles. The summed E-state index contributed by atoms with van der Waals surface area (Å²) in [5.41, 5.74) is 2.86. The van der Waals surface area contributed by atoms with Crippen molar-refractivity contribution in [3.8, 4) is 5.75 Å². The van der Waals surface area contributed by atoms with Crippen LogP contribution in [-0.4, -0.2) is 53.7 Å². The molecule has 4 rings (SSSR count). The average molecular weight is 443 g/mol. The van der Waals surface area contributed by atoms with E-state index in [4.69, 9.17) is 4.98 Å². The quantitative estimate of drug-likeness (QED) is 0.434. The Labute approximate surface area is 194 Å². The highest BCUT2D eigenvalue weighted by Gasteiger charge is 2.17. The molecule has 3 aromatic carbocycles. The van der Waals surface area contributed by atoms with Crippen molar-refractivity contribution in [2.24, 2.45) is 0 Å². The first kappa shape index (κ1) is 22.6. The van der Waals surface area contributed by atoms with Gasteiger partial charge >= 0.3 is 0 Å². The molecular weight excluding hydrogens is 412 g/mol. The number of aromatic hydroxyl groups is 1. The topological polar surface area (TPSA) is 72.5 Å². The van der Waals surface area contributed by atoms with Crippen LogP contribution in [0, 0.1) is 0 Å². The predicted molar refractivity (Wildman–Crippen MR) is 134 cm³/mol. The van der Waals surface area contributed by atoms with Crippen LogP contribution < -0.4 is 10.5 Å². The van der Waals surface area contributed by atoms with Gasteiger partial charge in [-0.05, 0) is 54.5 Å². The van der Waals surface area contributed by atoms with Gasteiger partial charge < -0.3 is 14.9 Å². The van der Waals surface area contributed by atoms with Crippen LogP contribution in [0.3, 0.4) is 0 Å². The van der Waals surface area contributed by atoms with Crippen molar-refractivity contribution in [2.45, 2.75) is 18.9 Å². The fraction of sp³-hybridized carbons (Fsp3) is 0.259. The van der Waals surface area contributed by atoms with Crippen LogP contribution in [0.2, 0.25) is 0 Å². The number of hydrogen-bond acceptors (Lipinski definition) is 5. The van der Waals surface area contributed by atoms with Crippen molar-refractivity contribution in [3.05, 3.63) is 100.0 Å². The summed E-state index contributed by atoms with van der Waals surface area (Å²) in [7, 11) is 6.04. The van der Waals surface area contributed by atoms with Gasteiger partial charge in [0.15, 0.2) is 0 Å². The minimum Gasteiger partial charge on any atom is -0.508 e. The second-order valence-electron chi connectivity index (χ2n) is 8.79. The highest BCUT2D eigenvalue weighted by molar-refractivity contribution is 5.83. The Morgan fingerprint density at radius 3 is 2.33 bits per heavy atom. The average Bonchev–Trinajstić information content (AvgIpc) is 2.79. The molecule has 0 saturated carbocycles. The third-order valence-corrected chi connectivity index (χ3v) is 5.97. The zero-order chi connectivity index (χ0) is 23.4. The number of rotatable bonds is 8. The second-order valence-corrected chi connectivity index (χ2v) is 8.79. The Morgan fingerprint density at radius 2 is 1.61 bits per heavy atom. The first-order valence-electron chi connectivity index (χ1n) is 11.1. The van der Waals surface area contributed by atoms with Gasteiger partial charge in [-0.3, -0.25) is 9.78 Å². The lowest BCUT2D eigenvalue weighted by molar-refractivity contribution is 0.294. The third kappa shape index (κ3) is 5.79. The standard InChI is InChI=1S/C27H30N4O2/c1-30(2)24(16-19-9-12-25(32)13-10-19)18-31(3)27-28-23(17-26(33)29-27)15-20-8-11-21-6-4-5-7-22(21)14-20/h4-14,17,24,32H,15-16,18H2,1-3H3,(H,28,29,33)/t24-/m1/s1. The van der Waals surface area contributed by atoms with E-state index >= 15 is 0 Å². The zero-order valence-electron chi connectivity index (χ0n) is 19.3. The SMILES string of the molecule is CN(C[C@@H](Cc1ccc(O)cc1)N(C)C)c1nc(Cc2ccc3ccccc3c2)cc(=O)[nH]1. The largest absolute Gasteiger partial charge is 0.508 e. The van der Waals surface area contributed by atoms with Crippen molar-refractivity contribution in [1.82, 2.24) is 14.9 Å². The van der Waals surface area contributed by atoms with E-state index in [1.807, 2.05) is 50.3 Å². The van der Waals surface area contributed by atoms with Crippen LogP contribution in [0.1, 0.15) is 16.8 Å². The van der Waals surface area contributed by atoms with E-state index in [2.05, 4.69) is 40.2 Å². The van der Waals surface area contributed by atoms with E-state index in [9.17, 15) is 9.90 Å². The summed E-state index contributed by atoms with van der Waals surface area (Å²) in [6.45, 7) is 0.691. The Balaban J connectivity index is 1.51. The summed E-state index contributed by atoms with van der Waals surface area (Å²) in [4.78, 5) is 24.2. The van der Waals surface area contributed by atoms with Crippen LogP contribution in [0.5, 0.6) is 5.75 Å². The summed E-state index contributed by atoms with van der Waals surface area (Å²) in [6, 6.07) is 23.7. The van der Waals surface area contributed by atoms with Gasteiger partial charge in [-0.15, -0.1) is 0 Å². The van der Waals surface area contributed by atoms with E-state index in [0.717, 1.165) is 23.2 Å². The summed E-state index contributed by atoms with van der Waals surface area (Å²) in [5.74, 6) is 0.832. The molecule has 33 heavy (non-hydrogen) atoms. The van der Waals surface area contributed by atoms with E-state index in [0.29, 0.717) is 18.9 Å². The molecule has 0 fully saturated rings. The molecule has 2 N–H and O–H groups in total. The van der Waals surface area contributed by atoms with Crippen molar-refractivity contribution < 1.29 is 5.11 Å². The monoisotopic (exact) mass is 442 g/mol. The van der Waals surface area contributed by atoms with Crippen LogP contribution >= 0.6 is 0 Å². The number of aromatic amines is 1. The zero-order valence-corrected chi connectivity index (χ0v) is 19.3. The van der Waals surface area contributed by atoms with Crippen LogP contribution in [0.25, 0.3) is 10.8 Å². The molecule has 6 nitrogen and oxygen atoms in total. The Morgan fingerprint density at radius 1 is 0.909 bits per heavy atom. The normalized spacial score (nSPS) is 12.2. The summed E-state index contributed by atoms with van der Waals surface area (Å²) < 4.78 is 0. The van der Waals surface area contributed by atoms with Gasteiger partial charge in [0.1, 0.15) is 5.75 Å². The van der Waals surface area contributed by atoms with Gasteiger partial charge in [-0.2, -0.15) is 0 Å². The molecule has 0 amide bonds. The van der Waals surface area contributed by atoms with Crippen molar-refractivity contribution >= 4 is 16.7 Å². The molecule has 0 bridgehead atoms. The molecule has 170 valence electrons. The van der Waals surface area contributed by atoms with Crippen molar-refractivity contribution in [2.75, 3.05) is 32.6 Å². The van der Waals surface area contributed by atoms with E-state index in [-0.39, 0.29) is 17.4 Å². The van der Waals surface area contributed by atoms with Gasteiger partial charge in [0, 0.05) is 32.1 Å². The number of aromatic nitrogens is 2. The fourth-order valence-electron chi connectivity index (χ4n) is 4.04. The van der Waals surface area contributed by atoms with Gasteiger partial charge in [0.25, 0.3) is 5.56 Å². The highest BCUT2D eigenvalue weighted by atomic mass is 16.3. The van der Waals surface area contributed by atoms with Crippen LogP contribution in [-0.2, 0) is 12.8 Å². The Bertz CT molecular complexity index is 1280. The first-order valence-corrected chi connectivity index (χ1v) is 11.1. The predicted octanol–water partition coefficient (Wildman–Crippen LogP) is 3.83. The lowest BCUT2D eigenvalue weighted by Crippen LogP contribution is -2.41.